The van der Waals surface area contributed by atoms with E-state index in [1.54, 1.807) is 24.3 Å². The van der Waals surface area contributed by atoms with Crippen molar-refractivity contribution in [3.63, 3.8) is 0 Å². The van der Waals surface area contributed by atoms with E-state index in [1.165, 1.54) is 0 Å². The molecule has 0 aliphatic rings. The van der Waals surface area contributed by atoms with Gasteiger partial charge in [-0.2, -0.15) is 13.2 Å². The van der Waals surface area contributed by atoms with Gasteiger partial charge in [0.15, 0.2) is 5.15 Å². The van der Waals surface area contributed by atoms with Gasteiger partial charge in [0.05, 0.1) is 5.69 Å². The van der Waals surface area contributed by atoms with Gasteiger partial charge in [0.25, 0.3) is 0 Å². The summed E-state index contributed by atoms with van der Waals surface area (Å²) in [5.41, 5.74) is -0.183. The van der Waals surface area contributed by atoms with E-state index in [1.807, 2.05) is 6.92 Å². The third-order valence-electron chi connectivity index (χ3n) is 2.66. The van der Waals surface area contributed by atoms with Gasteiger partial charge in [0, 0.05) is 5.69 Å². The number of nitrogens with zero attached hydrogens (tertiary/aromatic N) is 1. The Morgan fingerprint density at radius 1 is 1.00 bits per heavy atom. The van der Waals surface area contributed by atoms with Crippen molar-refractivity contribution < 1.29 is 13.2 Å². The van der Waals surface area contributed by atoms with E-state index in [4.69, 9.17) is 34.8 Å². The number of alkyl halides is 3. The van der Waals surface area contributed by atoms with Crippen LogP contribution in [-0.2, 0) is 6.18 Å². The smallest absolute Gasteiger partial charge is 0.354 e. The highest BCUT2D eigenvalue weighted by atomic mass is 35.5. The van der Waals surface area contributed by atoms with E-state index >= 15 is 0 Å². The van der Waals surface area contributed by atoms with Crippen LogP contribution in [0.2, 0.25) is 15.3 Å². The van der Waals surface area contributed by atoms with Crippen LogP contribution in [0.5, 0.6) is 0 Å². The van der Waals surface area contributed by atoms with Crippen LogP contribution in [-0.4, -0.2) is 4.98 Å². The Bertz CT molecular complexity index is 670. The largest absolute Gasteiger partial charge is 0.421 e. The lowest BCUT2D eigenvalue weighted by molar-refractivity contribution is -0.137. The molecular weight excluding hydrogens is 348 g/mol. The van der Waals surface area contributed by atoms with Crippen LogP contribution in [0.4, 0.5) is 24.5 Å². The second-order valence-electron chi connectivity index (χ2n) is 4.25. The summed E-state index contributed by atoms with van der Waals surface area (Å²) in [6, 6.07) is 6.73. The van der Waals surface area contributed by atoms with Crippen molar-refractivity contribution in [3.8, 4) is 0 Å². The minimum Gasteiger partial charge on any atom is -0.354 e. The summed E-state index contributed by atoms with van der Waals surface area (Å²) in [5, 5.41) is 1.20. The highest BCUT2D eigenvalue weighted by molar-refractivity contribution is 6.44. The third kappa shape index (κ3) is 3.54. The van der Waals surface area contributed by atoms with Crippen LogP contribution in [0.1, 0.15) is 11.1 Å². The number of hydrogen-bond donors (Lipinski definition) is 1. The summed E-state index contributed by atoms with van der Waals surface area (Å²) in [6.45, 7) is 1.86. The Kier molecular flexibility index (Phi) is 4.56. The van der Waals surface area contributed by atoms with Crippen LogP contribution in [0, 0.1) is 6.92 Å². The summed E-state index contributed by atoms with van der Waals surface area (Å²) < 4.78 is 39.4. The van der Waals surface area contributed by atoms with Crippen LogP contribution in [0.3, 0.4) is 0 Å². The van der Waals surface area contributed by atoms with Crippen molar-refractivity contribution in [2.24, 2.45) is 0 Å². The maximum atomic E-state index is 13.1. The van der Waals surface area contributed by atoms with Crippen LogP contribution < -0.4 is 5.32 Å². The van der Waals surface area contributed by atoms with E-state index in [0.29, 0.717) is 5.69 Å². The number of halogens is 6. The van der Waals surface area contributed by atoms with Gasteiger partial charge in [0.2, 0.25) is 0 Å². The Morgan fingerprint density at radius 3 is 2.10 bits per heavy atom. The molecule has 1 N–H and O–H groups in total. The molecule has 0 saturated carbocycles. The monoisotopic (exact) mass is 354 g/mol. The molecule has 0 amide bonds. The van der Waals surface area contributed by atoms with Crippen molar-refractivity contribution >= 4 is 46.2 Å². The zero-order valence-corrected chi connectivity index (χ0v) is 12.8. The van der Waals surface area contributed by atoms with E-state index in [-0.39, 0.29) is 10.2 Å². The summed E-state index contributed by atoms with van der Waals surface area (Å²) in [5.74, 6) is 0. The zero-order valence-electron chi connectivity index (χ0n) is 10.5. The van der Waals surface area contributed by atoms with Gasteiger partial charge in [-0.15, -0.1) is 0 Å². The van der Waals surface area contributed by atoms with E-state index in [2.05, 4.69) is 10.3 Å². The molecule has 0 atom stereocenters. The molecule has 21 heavy (non-hydrogen) atoms. The second kappa shape index (κ2) is 5.91. The maximum absolute atomic E-state index is 13.1. The van der Waals surface area contributed by atoms with Gasteiger partial charge in [-0.25, -0.2) is 4.98 Å². The highest BCUT2D eigenvalue weighted by Gasteiger charge is 2.39. The van der Waals surface area contributed by atoms with E-state index in [0.717, 1.165) is 5.56 Å². The lowest BCUT2D eigenvalue weighted by atomic mass is 10.2. The molecule has 2 aromatic rings. The Labute approximate surface area is 133 Å². The van der Waals surface area contributed by atoms with Crippen LogP contribution in [0.15, 0.2) is 24.3 Å². The molecule has 0 saturated heterocycles. The quantitative estimate of drug-likeness (QED) is 0.657. The summed E-state index contributed by atoms with van der Waals surface area (Å²) in [6.07, 6.45) is -4.72. The molecule has 8 heteroatoms. The predicted molar refractivity (Wildman–Crippen MR) is 78.7 cm³/mol. The second-order valence-corrected chi connectivity index (χ2v) is 5.34. The van der Waals surface area contributed by atoms with E-state index < -0.39 is 22.6 Å². The number of nitrogens with one attached hydrogen (secondary N) is 1. The molecule has 0 bridgehead atoms. The molecule has 112 valence electrons. The summed E-state index contributed by atoms with van der Waals surface area (Å²) in [4.78, 5) is 3.39. The van der Waals surface area contributed by atoms with Gasteiger partial charge in [-0.1, -0.05) is 52.5 Å². The fourth-order valence-corrected chi connectivity index (χ4v) is 2.36. The number of aromatic nitrogens is 1. The minimum atomic E-state index is -4.72. The summed E-state index contributed by atoms with van der Waals surface area (Å²) in [7, 11) is 0. The number of pyridine rings is 1. The first kappa shape index (κ1) is 16.2. The van der Waals surface area contributed by atoms with Gasteiger partial charge in [0.1, 0.15) is 15.7 Å². The van der Waals surface area contributed by atoms with Crippen LogP contribution in [0.25, 0.3) is 0 Å². The van der Waals surface area contributed by atoms with Crippen molar-refractivity contribution in [2.45, 2.75) is 13.1 Å². The molecule has 2 nitrogen and oxygen atoms in total. The fourth-order valence-electron chi connectivity index (χ4n) is 1.66. The van der Waals surface area contributed by atoms with Gasteiger partial charge >= 0.3 is 6.18 Å². The Balaban J connectivity index is 2.58. The molecular formula is C13H8Cl3F3N2. The first-order valence-corrected chi connectivity index (χ1v) is 6.79. The molecule has 2 rings (SSSR count). The molecule has 1 aromatic heterocycles. The molecule has 1 aromatic carbocycles. The van der Waals surface area contributed by atoms with Gasteiger partial charge < -0.3 is 5.32 Å². The molecule has 1 heterocycles. The summed E-state index contributed by atoms with van der Waals surface area (Å²) >= 11 is 17.1. The fraction of sp³-hybridized carbons (Fsp3) is 0.154. The molecule has 0 aliphatic carbocycles. The zero-order chi connectivity index (χ0) is 15.8. The number of rotatable bonds is 2. The molecule has 0 fully saturated rings. The van der Waals surface area contributed by atoms with Crippen molar-refractivity contribution in [1.82, 2.24) is 4.98 Å². The normalized spacial score (nSPS) is 11.6. The molecule has 0 unspecified atom stereocenters. The first-order valence-electron chi connectivity index (χ1n) is 5.65. The number of hydrogen-bond acceptors (Lipinski definition) is 2. The third-order valence-corrected chi connectivity index (χ3v) is 3.67. The molecule has 0 radical (unpaired) electrons. The number of aryl methyl sites for hydroxylation is 1. The minimum absolute atomic E-state index is 0.302. The van der Waals surface area contributed by atoms with Gasteiger partial charge in [-0.05, 0) is 19.1 Å². The molecule has 0 aliphatic heterocycles. The predicted octanol–water partition coefficient (Wildman–Crippen LogP) is 6.11. The van der Waals surface area contributed by atoms with Crippen molar-refractivity contribution in [1.29, 1.82) is 0 Å². The van der Waals surface area contributed by atoms with Gasteiger partial charge in [-0.3, -0.25) is 0 Å². The average molecular weight is 356 g/mol. The number of benzene rings is 1. The van der Waals surface area contributed by atoms with Crippen LogP contribution >= 0.6 is 34.8 Å². The van der Waals surface area contributed by atoms with Crippen molar-refractivity contribution in [2.75, 3.05) is 5.32 Å². The molecule has 0 spiro atoms. The lowest BCUT2D eigenvalue weighted by Gasteiger charge is -2.17. The Morgan fingerprint density at radius 2 is 1.57 bits per heavy atom. The number of anilines is 2. The van der Waals surface area contributed by atoms with E-state index in [9.17, 15) is 13.2 Å². The van der Waals surface area contributed by atoms with Crippen molar-refractivity contribution in [3.05, 3.63) is 50.7 Å². The lowest BCUT2D eigenvalue weighted by Crippen LogP contribution is -2.11. The topological polar surface area (TPSA) is 24.9 Å². The SMILES string of the molecule is Cc1ccc(Nc2c(Cl)c(Cl)nc(Cl)c2C(F)(F)F)cc1. The first-order chi connectivity index (χ1) is 9.70. The maximum Gasteiger partial charge on any atom is 0.421 e. The average Bonchev–Trinajstić information content (AvgIpc) is 2.36. The standard InChI is InChI=1S/C13H8Cl3F3N2/c1-6-2-4-7(5-3-6)20-10-8(13(17,18)19)11(15)21-12(16)9(10)14/h2-5H,1H3,(H,20,21). The highest BCUT2D eigenvalue weighted by Crippen LogP contribution is 2.45. The Hall–Kier alpha value is -1.17.